The molecule has 4 rings (SSSR count). The van der Waals surface area contributed by atoms with E-state index in [1.165, 1.54) is 0 Å². The minimum absolute atomic E-state index is 0.0361. The highest BCUT2D eigenvalue weighted by Crippen LogP contribution is 2.29. The van der Waals surface area contributed by atoms with Crippen molar-refractivity contribution in [2.75, 3.05) is 26.9 Å². The Bertz CT molecular complexity index is 1130. The Balaban J connectivity index is 1.47. The molecular formula is C33H41NO7. The number of benzene rings is 3. The topological polar surface area (TPSA) is 95.5 Å². The van der Waals surface area contributed by atoms with Crippen molar-refractivity contribution in [1.82, 2.24) is 5.32 Å². The number of carbonyl (C=O) groups excluding carboxylic acids is 1. The van der Waals surface area contributed by atoms with E-state index < -0.39 is 30.5 Å². The quantitative estimate of drug-likeness (QED) is 0.254. The first kappa shape index (κ1) is 30.8. The molecule has 8 nitrogen and oxygen atoms in total. The van der Waals surface area contributed by atoms with Gasteiger partial charge in [-0.15, -0.1) is 0 Å². The molecule has 1 aliphatic rings. The summed E-state index contributed by atoms with van der Waals surface area (Å²) in [7, 11) is 1.61. The smallest absolute Gasteiger partial charge is 0.219 e. The maximum atomic E-state index is 11.5. The van der Waals surface area contributed by atoms with Crippen molar-refractivity contribution in [1.29, 1.82) is 0 Å². The number of nitrogens with one attached hydrogen (secondary N) is 1. The van der Waals surface area contributed by atoms with Gasteiger partial charge in [0.25, 0.3) is 0 Å². The number of hydrogen-bond acceptors (Lipinski definition) is 7. The van der Waals surface area contributed by atoms with Crippen LogP contribution in [0.3, 0.4) is 0 Å². The molecule has 5 atom stereocenters. The summed E-state index contributed by atoms with van der Waals surface area (Å²) in [4.78, 5) is 11.5. The number of aliphatic hydroxyl groups is 1. The molecule has 0 spiro atoms. The molecule has 3 aromatic carbocycles. The van der Waals surface area contributed by atoms with Crippen LogP contribution in [0.15, 0.2) is 91.0 Å². The predicted molar refractivity (Wildman–Crippen MR) is 155 cm³/mol. The summed E-state index contributed by atoms with van der Waals surface area (Å²) in [5.74, 6) is -0.0361. The van der Waals surface area contributed by atoms with Gasteiger partial charge in [0.1, 0.15) is 30.5 Å². The Hall–Kier alpha value is -3.11. The molecule has 1 saturated heterocycles. The molecular weight excluding hydrogens is 522 g/mol. The monoisotopic (exact) mass is 563 g/mol. The van der Waals surface area contributed by atoms with Crippen molar-refractivity contribution in [2.45, 2.75) is 63.2 Å². The van der Waals surface area contributed by atoms with Crippen molar-refractivity contribution in [2.24, 2.45) is 0 Å². The van der Waals surface area contributed by atoms with Crippen LogP contribution in [-0.4, -0.2) is 68.4 Å². The van der Waals surface area contributed by atoms with Crippen molar-refractivity contribution >= 4 is 5.91 Å². The first-order valence-corrected chi connectivity index (χ1v) is 14.2. The van der Waals surface area contributed by atoms with Gasteiger partial charge in [0, 0.05) is 20.1 Å². The highest BCUT2D eigenvalue weighted by molar-refractivity contribution is 5.75. The first-order valence-electron chi connectivity index (χ1n) is 14.2. The lowest BCUT2D eigenvalue weighted by Gasteiger charge is -2.44. The predicted octanol–water partition coefficient (Wildman–Crippen LogP) is 4.05. The summed E-state index contributed by atoms with van der Waals surface area (Å²) in [5.41, 5.74) is 3.05. The maximum Gasteiger partial charge on any atom is 0.219 e. The van der Waals surface area contributed by atoms with Gasteiger partial charge in [0.15, 0.2) is 0 Å². The molecule has 0 saturated carbocycles. The normalized spacial score (nSPS) is 22.3. The highest BCUT2D eigenvalue weighted by Gasteiger charge is 2.47. The van der Waals surface area contributed by atoms with Crippen LogP contribution in [0.5, 0.6) is 0 Å². The average molecular weight is 564 g/mol. The van der Waals surface area contributed by atoms with E-state index in [1.807, 2.05) is 91.0 Å². The van der Waals surface area contributed by atoms with Crippen molar-refractivity contribution in [3.05, 3.63) is 108 Å². The largest absolute Gasteiger partial charge is 0.387 e. The summed E-state index contributed by atoms with van der Waals surface area (Å²) < 4.78 is 31.1. The Kier molecular flexibility index (Phi) is 12.8. The Labute approximate surface area is 242 Å². The van der Waals surface area contributed by atoms with E-state index >= 15 is 0 Å². The highest BCUT2D eigenvalue weighted by atomic mass is 16.6. The van der Waals surface area contributed by atoms with Crippen molar-refractivity contribution in [3.63, 3.8) is 0 Å². The average Bonchev–Trinajstić information content (AvgIpc) is 3.02. The molecule has 220 valence electrons. The molecule has 1 aliphatic heterocycles. The summed E-state index contributed by atoms with van der Waals surface area (Å²) in [6, 6.07) is 29.7. The van der Waals surface area contributed by atoms with Crippen LogP contribution in [-0.2, 0) is 48.3 Å². The van der Waals surface area contributed by atoms with Gasteiger partial charge in [0.05, 0.1) is 33.0 Å². The molecule has 2 N–H and O–H groups in total. The van der Waals surface area contributed by atoms with Gasteiger partial charge in [-0.1, -0.05) is 91.0 Å². The number of amides is 1. The zero-order valence-corrected chi connectivity index (χ0v) is 23.6. The second kappa shape index (κ2) is 17.0. The van der Waals surface area contributed by atoms with Gasteiger partial charge in [0.2, 0.25) is 5.91 Å². The molecule has 0 aliphatic carbocycles. The van der Waals surface area contributed by atoms with E-state index in [0.717, 1.165) is 16.7 Å². The third-order valence-corrected chi connectivity index (χ3v) is 6.98. The van der Waals surface area contributed by atoms with Crippen LogP contribution in [0, 0.1) is 0 Å². The van der Waals surface area contributed by atoms with Gasteiger partial charge in [-0.2, -0.15) is 0 Å². The van der Waals surface area contributed by atoms with Crippen LogP contribution in [0.2, 0.25) is 0 Å². The first-order chi connectivity index (χ1) is 20.1. The zero-order chi connectivity index (χ0) is 28.7. The number of hydrogen-bond donors (Lipinski definition) is 2. The number of rotatable bonds is 16. The SMILES string of the molecule is CNC(=O)CCCOC[C@@H]1O[C@H](COCc2ccccc2)[C@@H](OCc2ccccc2)[C@H](OCc2ccccc2)[C@H]1O. The lowest BCUT2D eigenvalue weighted by Crippen LogP contribution is -2.61. The summed E-state index contributed by atoms with van der Waals surface area (Å²) in [6.07, 6.45) is -2.49. The molecule has 1 heterocycles. The van der Waals surface area contributed by atoms with Crippen molar-refractivity contribution < 1.29 is 33.6 Å². The Morgan fingerprint density at radius 3 is 1.80 bits per heavy atom. The Morgan fingerprint density at radius 2 is 1.24 bits per heavy atom. The lowest BCUT2D eigenvalue weighted by atomic mass is 9.94. The summed E-state index contributed by atoms with van der Waals surface area (Å²) in [6.45, 7) is 1.84. The molecule has 3 aromatic rings. The molecule has 8 heteroatoms. The maximum absolute atomic E-state index is 11.5. The van der Waals surface area contributed by atoms with Crippen LogP contribution in [0.25, 0.3) is 0 Å². The van der Waals surface area contributed by atoms with Crippen LogP contribution in [0.4, 0.5) is 0 Å². The molecule has 1 fully saturated rings. The number of carbonyl (C=O) groups is 1. The summed E-state index contributed by atoms with van der Waals surface area (Å²) >= 11 is 0. The minimum Gasteiger partial charge on any atom is -0.387 e. The van der Waals surface area contributed by atoms with E-state index in [-0.39, 0.29) is 19.1 Å². The van der Waals surface area contributed by atoms with Crippen LogP contribution >= 0.6 is 0 Å². The summed E-state index contributed by atoms with van der Waals surface area (Å²) in [5, 5.41) is 14.1. The standard InChI is InChI=1S/C33H41NO7/c1-34-30(35)18-11-19-37-23-28-31(36)33(40-22-27-16-9-4-10-17-27)32(39-21-26-14-7-3-8-15-26)29(41-28)24-38-20-25-12-5-2-6-13-25/h2-10,12-17,28-29,31-33,36H,11,18-24H2,1H3,(H,34,35)/t28-,29+,31-,32+,33+/m0/s1. The molecule has 0 aromatic heterocycles. The molecule has 0 bridgehead atoms. The van der Waals surface area contributed by atoms with E-state index in [1.54, 1.807) is 7.05 Å². The Morgan fingerprint density at radius 1 is 0.732 bits per heavy atom. The molecule has 41 heavy (non-hydrogen) atoms. The molecule has 0 radical (unpaired) electrons. The van der Waals surface area contributed by atoms with Crippen molar-refractivity contribution in [3.8, 4) is 0 Å². The zero-order valence-electron chi connectivity index (χ0n) is 23.6. The second-order valence-corrected chi connectivity index (χ2v) is 10.1. The number of aliphatic hydroxyl groups excluding tert-OH is 1. The number of ether oxygens (including phenoxy) is 5. The van der Waals surface area contributed by atoms with E-state index in [4.69, 9.17) is 23.7 Å². The van der Waals surface area contributed by atoms with Gasteiger partial charge >= 0.3 is 0 Å². The van der Waals surface area contributed by atoms with E-state index in [2.05, 4.69) is 5.32 Å². The van der Waals surface area contributed by atoms with Crippen LogP contribution in [0.1, 0.15) is 29.5 Å². The third-order valence-electron chi connectivity index (χ3n) is 6.98. The van der Waals surface area contributed by atoms with Gasteiger partial charge in [-0.3, -0.25) is 4.79 Å². The fraction of sp³-hybridized carbons (Fsp3) is 0.424. The third kappa shape index (κ3) is 10.0. The van der Waals surface area contributed by atoms with Gasteiger partial charge in [-0.25, -0.2) is 0 Å². The van der Waals surface area contributed by atoms with Gasteiger partial charge in [-0.05, 0) is 23.1 Å². The van der Waals surface area contributed by atoms with E-state index in [9.17, 15) is 9.90 Å². The minimum atomic E-state index is -0.996. The lowest BCUT2D eigenvalue weighted by molar-refractivity contribution is -0.268. The molecule has 0 unspecified atom stereocenters. The van der Waals surface area contributed by atoms with E-state index in [0.29, 0.717) is 39.3 Å². The van der Waals surface area contributed by atoms with Crippen LogP contribution < -0.4 is 5.32 Å². The molecule has 1 amide bonds. The second-order valence-electron chi connectivity index (χ2n) is 10.1. The fourth-order valence-electron chi connectivity index (χ4n) is 4.73. The fourth-order valence-corrected chi connectivity index (χ4v) is 4.73. The van der Waals surface area contributed by atoms with Gasteiger partial charge < -0.3 is 34.1 Å².